The third kappa shape index (κ3) is 3.00. The molecule has 5 nitrogen and oxygen atoms in total. The molecule has 0 unspecified atom stereocenters. The van der Waals surface area contributed by atoms with Crippen LogP contribution in [0.2, 0.25) is 0 Å². The summed E-state index contributed by atoms with van der Waals surface area (Å²) in [5.41, 5.74) is 3.25. The van der Waals surface area contributed by atoms with Gasteiger partial charge in [0.05, 0.1) is 24.2 Å². The second-order valence-corrected chi connectivity index (χ2v) is 4.90. The van der Waals surface area contributed by atoms with Gasteiger partial charge >= 0.3 is 0 Å². The van der Waals surface area contributed by atoms with Crippen LogP contribution in [0.3, 0.4) is 0 Å². The van der Waals surface area contributed by atoms with Crippen molar-refractivity contribution >= 4 is 0 Å². The topological polar surface area (TPSA) is 52.0 Å². The molecule has 1 heterocycles. The summed E-state index contributed by atoms with van der Waals surface area (Å²) in [4.78, 5) is 0. The Morgan fingerprint density at radius 2 is 2.32 bits per heavy atom. The van der Waals surface area contributed by atoms with Gasteiger partial charge in [-0.2, -0.15) is 0 Å². The van der Waals surface area contributed by atoms with Crippen molar-refractivity contribution in [2.45, 2.75) is 32.0 Å². The van der Waals surface area contributed by atoms with E-state index < -0.39 is 0 Å². The zero-order valence-corrected chi connectivity index (χ0v) is 11.0. The number of ether oxygens (including phenoxy) is 1. The summed E-state index contributed by atoms with van der Waals surface area (Å²) in [6.07, 6.45) is 4.38. The molecule has 1 aromatic carbocycles. The second kappa shape index (κ2) is 5.50. The Balaban J connectivity index is 1.80. The molecule has 0 atom stereocenters. The standard InChI is InChI=1S/C14H18N4O/c1-19-10-11-3-2-4-13(7-11)18-14(9-16-17-18)8-15-12-5-6-12/h2-4,7,9,12,15H,5-6,8,10H2,1H3. The lowest BCUT2D eigenvalue weighted by atomic mass is 10.2. The van der Waals surface area contributed by atoms with Gasteiger partial charge in [-0.1, -0.05) is 17.3 Å². The van der Waals surface area contributed by atoms with Crippen LogP contribution >= 0.6 is 0 Å². The first-order valence-electron chi connectivity index (χ1n) is 6.58. The predicted octanol–water partition coefficient (Wildman–Crippen LogP) is 1.67. The summed E-state index contributed by atoms with van der Waals surface area (Å²) in [5.74, 6) is 0. The van der Waals surface area contributed by atoms with E-state index in [-0.39, 0.29) is 0 Å². The highest BCUT2D eigenvalue weighted by Gasteiger charge is 2.20. The number of nitrogens with one attached hydrogen (secondary N) is 1. The maximum absolute atomic E-state index is 5.16. The minimum Gasteiger partial charge on any atom is -0.380 e. The van der Waals surface area contributed by atoms with E-state index in [1.165, 1.54) is 12.8 Å². The SMILES string of the molecule is COCc1cccc(-n2nncc2CNC2CC2)c1. The average Bonchev–Trinajstić information content (AvgIpc) is 3.14. The van der Waals surface area contributed by atoms with E-state index in [1.807, 2.05) is 29.1 Å². The lowest BCUT2D eigenvalue weighted by Crippen LogP contribution is -2.18. The number of rotatable bonds is 6. The lowest BCUT2D eigenvalue weighted by Gasteiger charge is -2.08. The van der Waals surface area contributed by atoms with E-state index in [4.69, 9.17) is 4.74 Å². The molecule has 0 aliphatic heterocycles. The van der Waals surface area contributed by atoms with Crippen molar-refractivity contribution in [1.29, 1.82) is 0 Å². The van der Waals surface area contributed by atoms with Gasteiger partial charge in [0.15, 0.2) is 0 Å². The Morgan fingerprint density at radius 3 is 3.11 bits per heavy atom. The normalized spacial score (nSPS) is 14.8. The van der Waals surface area contributed by atoms with Gasteiger partial charge in [-0.15, -0.1) is 5.10 Å². The molecule has 2 aromatic rings. The number of benzene rings is 1. The van der Waals surface area contributed by atoms with Crippen molar-refractivity contribution in [1.82, 2.24) is 20.3 Å². The van der Waals surface area contributed by atoms with Crippen LogP contribution in [0.15, 0.2) is 30.5 Å². The van der Waals surface area contributed by atoms with Gasteiger partial charge < -0.3 is 10.1 Å². The Labute approximate surface area is 112 Å². The lowest BCUT2D eigenvalue weighted by molar-refractivity contribution is 0.185. The molecule has 0 amide bonds. The zero-order chi connectivity index (χ0) is 13.1. The highest BCUT2D eigenvalue weighted by atomic mass is 16.5. The van der Waals surface area contributed by atoms with E-state index >= 15 is 0 Å². The largest absolute Gasteiger partial charge is 0.380 e. The maximum atomic E-state index is 5.16. The van der Waals surface area contributed by atoms with Gasteiger partial charge in [-0.05, 0) is 30.5 Å². The number of aromatic nitrogens is 3. The van der Waals surface area contributed by atoms with Gasteiger partial charge in [0.2, 0.25) is 0 Å². The summed E-state index contributed by atoms with van der Waals surface area (Å²) < 4.78 is 7.04. The minimum atomic E-state index is 0.609. The third-order valence-electron chi connectivity index (χ3n) is 3.24. The van der Waals surface area contributed by atoms with Crippen LogP contribution in [0.5, 0.6) is 0 Å². The first-order chi connectivity index (χ1) is 9.36. The van der Waals surface area contributed by atoms with Crippen molar-refractivity contribution in [3.05, 3.63) is 41.7 Å². The second-order valence-electron chi connectivity index (χ2n) is 4.90. The highest BCUT2D eigenvalue weighted by molar-refractivity contribution is 5.36. The van der Waals surface area contributed by atoms with Crippen molar-refractivity contribution in [2.75, 3.05) is 7.11 Å². The molecule has 5 heteroatoms. The predicted molar refractivity (Wildman–Crippen MR) is 71.9 cm³/mol. The van der Waals surface area contributed by atoms with E-state index in [1.54, 1.807) is 7.11 Å². The molecule has 1 aliphatic rings. The molecule has 0 saturated heterocycles. The Hall–Kier alpha value is -1.72. The molecule has 0 bridgehead atoms. The van der Waals surface area contributed by atoms with Crippen molar-refractivity contribution in [3.8, 4) is 5.69 Å². The van der Waals surface area contributed by atoms with Gasteiger partial charge in [-0.25, -0.2) is 4.68 Å². The van der Waals surface area contributed by atoms with E-state index in [0.29, 0.717) is 12.6 Å². The fourth-order valence-electron chi connectivity index (χ4n) is 2.08. The van der Waals surface area contributed by atoms with Crippen LogP contribution in [0.25, 0.3) is 5.69 Å². The average molecular weight is 258 g/mol. The molecule has 1 fully saturated rings. The molecule has 1 saturated carbocycles. The van der Waals surface area contributed by atoms with E-state index in [2.05, 4.69) is 21.7 Å². The van der Waals surface area contributed by atoms with E-state index in [0.717, 1.165) is 23.5 Å². The van der Waals surface area contributed by atoms with Gasteiger partial charge in [-0.3, -0.25) is 0 Å². The Morgan fingerprint density at radius 1 is 1.42 bits per heavy atom. The van der Waals surface area contributed by atoms with Crippen molar-refractivity contribution < 1.29 is 4.74 Å². The molecule has 0 spiro atoms. The van der Waals surface area contributed by atoms with Crippen LogP contribution < -0.4 is 5.32 Å². The van der Waals surface area contributed by atoms with Crippen molar-refractivity contribution in [3.63, 3.8) is 0 Å². The Kier molecular flexibility index (Phi) is 3.57. The van der Waals surface area contributed by atoms with Crippen LogP contribution in [0, 0.1) is 0 Å². The highest BCUT2D eigenvalue weighted by Crippen LogP contribution is 2.19. The first kappa shape index (κ1) is 12.3. The molecule has 1 aliphatic carbocycles. The molecular formula is C14H18N4O. The van der Waals surface area contributed by atoms with Gasteiger partial charge in [0.1, 0.15) is 0 Å². The summed E-state index contributed by atoms with van der Waals surface area (Å²) in [6, 6.07) is 8.87. The summed E-state index contributed by atoms with van der Waals surface area (Å²) in [6.45, 7) is 1.42. The molecule has 1 aromatic heterocycles. The fourth-order valence-corrected chi connectivity index (χ4v) is 2.08. The van der Waals surface area contributed by atoms with Gasteiger partial charge in [0, 0.05) is 19.7 Å². The third-order valence-corrected chi connectivity index (χ3v) is 3.24. The van der Waals surface area contributed by atoms with Gasteiger partial charge in [0.25, 0.3) is 0 Å². The zero-order valence-electron chi connectivity index (χ0n) is 11.0. The first-order valence-corrected chi connectivity index (χ1v) is 6.58. The molecule has 1 N–H and O–H groups in total. The number of hydrogen-bond donors (Lipinski definition) is 1. The summed E-state index contributed by atoms with van der Waals surface area (Å²) in [7, 11) is 1.70. The summed E-state index contributed by atoms with van der Waals surface area (Å²) in [5, 5.41) is 11.7. The van der Waals surface area contributed by atoms with Crippen LogP contribution in [0.4, 0.5) is 0 Å². The number of methoxy groups -OCH3 is 1. The fraction of sp³-hybridized carbons (Fsp3) is 0.429. The quantitative estimate of drug-likeness (QED) is 0.856. The smallest absolute Gasteiger partial charge is 0.0783 e. The van der Waals surface area contributed by atoms with Crippen LogP contribution in [0.1, 0.15) is 24.1 Å². The molecule has 0 radical (unpaired) electrons. The van der Waals surface area contributed by atoms with Crippen LogP contribution in [-0.4, -0.2) is 28.1 Å². The Bertz CT molecular complexity index is 548. The minimum absolute atomic E-state index is 0.609. The van der Waals surface area contributed by atoms with E-state index in [9.17, 15) is 0 Å². The van der Waals surface area contributed by atoms with Crippen molar-refractivity contribution in [2.24, 2.45) is 0 Å². The maximum Gasteiger partial charge on any atom is 0.0783 e. The van der Waals surface area contributed by atoms with Crippen LogP contribution in [-0.2, 0) is 17.9 Å². The molecular weight excluding hydrogens is 240 g/mol. The molecule has 3 rings (SSSR count). The monoisotopic (exact) mass is 258 g/mol. The molecule has 19 heavy (non-hydrogen) atoms. The summed E-state index contributed by atoms with van der Waals surface area (Å²) >= 11 is 0. The number of nitrogens with zero attached hydrogens (tertiary/aromatic N) is 3. The molecule has 100 valence electrons. The number of hydrogen-bond acceptors (Lipinski definition) is 4.